The minimum atomic E-state index is -0.143. The summed E-state index contributed by atoms with van der Waals surface area (Å²) in [4.78, 5) is 11.2. The van der Waals surface area contributed by atoms with Gasteiger partial charge in [-0.2, -0.15) is 0 Å². The molecule has 1 heterocycles. The van der Waals surface area contributed by atoms with Gasteiger partial charge in [0.25, 0.3) is 0 Å². The van der Waals surface area contributed by atoms with Gasteiger partial charge in [-0.3, -0.25) is 9.36 Å². The second-order valence-electron chi connectivity index (χ2n) is 3.07. The van der Waals surface area contributed by atoms with E-state index in [1.54, 1.807) is 0 Å². The van der Waals surface area contributed by atoms with E-state index in [4.69, 9.17) is 0 Å². The van der Waals surface area contributed by atoms with E-state index in [0.717, 1.165) is 21.4 Å². The first-order valence-corrected chi connectivity index (χ1v) is 5.96. The molecular formula is C10H8BrNO2S. The highest BCUT2D eigenvalue weighted by molar-refractivity contribution is 9.10. The maximum atomic E-state index is 11.3. The van der Waals surface area contributed by atoms with Gasteiger partial charge >= 0.3 is 4.87 Å². The van der Waals surface area contributed by atoms with Crippen LogP contribution in [-0.2, 0) is 6.54 Å². The molecule has 2 rings (SSSR count). The molecule has 1 aromatic heterocycles. The molecular weight excluding hydrogens is 278 g/mol. The van der Waals surface area contributed by atoms with Crippen LogP contribution in [0.4, 0.5) is 0 Å². The number of halogens is 1. The number of aromatic nitrogens is 1. The van der Waals surface area contributed by atoms with Crippen molar-refractivity contribution in [3.05, 3.63) is 49.3 Å². The van der Waals surface area contributed by atoms with Crippen molar-refractivity contribution in [3.63, 3.8) is 0 Å². The highest BCUT2D eigenvalue weighted by Gasteiger charge is 2.05. The summed E-state index contributed by atoms with van der Waals surface area (Å²) in [5, 5.41) is 10.9. The van der Waals surface area contributed by atoms with Gasteiger partial charge in [0.2, 0.25) is 5.88 Å². The first-order chi connectivity index (χ1) is 7.16. The van der Waals surface area contributed by atoms with E-state index >= 15 is 0 Å². The minimum absolute atomic E-state index is 0.0212. The molecule has 1 N–H and O–H groups in total. The Balaban J connectivity index is 2.29. The van der Waals surface area contributed by atoms with Crippen molar-refractivity contribution < 1.29 is 5.11 Å². The second kappa shape index (κ2) is 4.20. The Hall–Kier alpha value is -1.07. The van der Waals surface area contributed by atoms with Crippen LogP contribution in [0.2, 0.25) is 0 Å². The number of nitrogens with zero attached hydrogens (tertiary/aromatic N) is 1. The zero-order valence-corrected chi connectivity index (χ0v) is 10.1. The molecule has 0 amide bonds. The van der Waals surface area contributed by atoms with E-state index < -0.39 is 0 Å². The summed E-state index contributed by atoms with van der Waals surface area (Å²) >= 11 is 4.34. The lowest BCUT2D eigenvalue weighted by atomic mass is 10.2. The SMILES string of the molecule is O=c1scc(O)n1Cc1ccc(Br)cc1. The summed E-state index contributed by atoms with van der Waals surface area (Å²) in [6.07, 6.45) is 0. The number of rotatable bonds is 2. The molecule has 78 valence electrons. The molecule has 0 bridgehead atoms. The van der Waals surface area contributed by atoms with E-state index in [1.165, 1.54) is 9.95 Å². The van der Waals surface area contributed by atoms with Gasteiger partial charge in [0.15, 0.2) is 0 Å². The van der Waals surface area contributed by atoms with Crippen molar-refractivity contribution >= 4 is 27.3 Å². The average Bonchev–Trinajstić information content (AvgIpc) is 2.53. The maximum Gasteiger partial charge on any atom is 0.310 e. The Bertz CT molecular complexity index is 515. The number of aromatic hydroxyl groups is 1. The van der Waals surface area contributed by atoms with Gasteiger partial charge in [0.05, 0.1) is 11.9 Å². The van der Waals surface area contributed by atoms with Crippen molar-refractivity contribution in [1.29, 1.82) is 0 Å². The molecule has 0 radical (unpaired) electrons. The lowest BCUT2D eigenvalue weighted by Crippen LogP contribution is -2.13. The normalized spacial score (nSPS) is 10.5. The van der Waals surface area contributed by atoms with E-state index in [0.29, 0.717) is 6.54 Å². The number of hydrogen-bond acceptors (Lipinski definition) is 3. The Morgan fingerprint density at radius 1 is 1.33 bits per heavy atom. The van der Waals surface area contributed by atoms with Crippen LogP contribution in [0.3, 0.4) is 0 Å². The van der Waals surface area contributed by atoms with Crippen molar-refractivity contribution in [3.8, 4) is 5.88 Å². The van der Waals surface area contributed by atoms with Crippen LogP contribution < -0.4 is 4.87 Å². The number of hydrogen-bond donors (Lipinski definition) is 1. The molecule has 0 fully saturated rings. The summed E-state index contributed by atoms with van der Waals surface area (Å²) in [6.45, 7) is 0.404. The number of benzene rings is 1. The first kappa shape index (κ1) is 10.4. The third kappa shape index (κ3) is 2.30. The summed E-state index contributed by atoms with van der Waals surface area (Å²) in [5.41, 5.74) is 0.981. The van der Waals surface area contributed by atoms with Crippen LogP contribution in [0.5, 0.6) is 5.88 Å². The molecule has 0 spiro atoms. The molecule has 3 nitrogen and oxygen atoms in total. The van der Waals surface area contributed by atoms with Crippen molar-refractivity contribution in [2.24, 2.45) is 0 Å². The Kier molecular flexibility index (Phi) is 2.93. The second-order valence-corrected chi connectivity index (χ2v) is 4.81. The van der Waals surface area contributed by atoms with Gasteiger partial charge in [-0.25, -0.2) is 0 Å². The van der Waals surface area contributed by atoms with E-state index in [1.807, 2.05) is 24.3 Å². The summed E-state index contributed by atoms with van der Waals surface area (Å²) in [6, 6.07) is 7.63. The fourth-order valence-electron chi connectivity index (χ4n) is 1.24. The lowest BCUT2D eigenvalue weighted by molar-refractivity contribution is 0.421. The Morgan fingerprint density at radius 3 is 2.53 bits per heavy atom. The monoisotopic (exact) mass is 285 g/mol. The highest BCUT2D eigenvalue weighted by atomic mass is 79.9. The van der Waals surface area contributed by atoms with Crippen LogP contribution in [0.1, 0.15) is 5.56 Å². The molecule has 0 unspecified atom stereocenters. The maximum absolute atomic E-state index is 11.3. The molecule has 0 aliphatic rings. The van der Waals surface area contributed by atoms with Gasteiger partial charge < -0.3 is 5.11 Å². The predicted molar refractivity (Wildman–Crippen MR) is 63.5 cm³/mol. The van der Waals surface area contributed by atoms with Crippen LogP contribution in [0.15, 0.2) is 38.9 Å². The third-order valence-electron chi connectivity index (χ3n) is 2.02. The van der Waals surface area contributed by atoms with Crippen molar-refractivity contribution in [2.45, 2.75) is 6.54 Å². The van der Waals surface area contributed by atoms with Gasteiger partial charge in [0, 0.05) is 4.47 Å². The van der Waals surface area contributed by atoms with E-state index in [9.17, 15) is 9.90 Å². The minimum Gasteiger partial charge on any atom is -0.494 e. The van der Waals surface area contributed by atoms with Crippen LogP contribution in [0.25, 0.3) is 0 Å². The Labute approximate surface area is 98.7 Å². The quantitative estimate of drug-likeness (QED) is 0.921. The molecule has 1 aromatic carbocycles. The lowest BCUT2D eigenvalue weighted by Gasteiger charge is -2.03. The summed E-state index contributed by atoms with van der Waals surface area (Å²) < 4.78 is 2.33. The zero-order chi connectivity index (χ0) is 10.8. The van der Waals surface area contributed by atoms with Crippen molar-refractivity contribution in [2.75, 3.05) is 0 Å². The zero-order valence-electron chi connectivity index (χ0n) is 7.68. The smallest absolute Gasteiger partial charge is 0.310 e. The first-order valence-electron chi connectivity index (χ1n) is 4.28. The molecule has 0 saturated carbocycles. The van der Waals surface area contributed by atoms with Crippen LogP contribution in [0, 0.1) is 0 Å². The molecule has 5 heteroatoms. The molecule has 0 aliphatic carbocycles. The van der Waals surface area contributed by atoms with Gasteiger partial charge in [-0.15, -0.1) is 0 Å². The molecule has 0 aliphatic heterocycles. The van der Waals surface area contributed by atoms with Gasteiger partial charge in [-0.1, -0.05) is 39.4 Å². The van der Waals surface area contributed by atoms with E-state index in [2.05, 4.69) is 15.9 Å². The van der Waals surface area contributed by atoms with Gasteiger partial charge in [-0.05, 0) is 17.7 Å². The fourth-order valence-corrected chi connectivity index (χ4v) is 2.12. The summed E-state index contributed by atoms with van der Waals surface area (Å²) in [5.74, 6) is 0.0212. The van der Waals surface area contributed by atoms with Crippen LogP contribution in [-0.4, -0.2) is 9.67 Å². The molecule has 2 aromatic rings. The van der Waals surface area contributed by atoms with Crippen molar-refractivity contribution in [1.82, 2.24) is 4.57 Å². The third-order valence-corrected chi connectivity index (χ3v) is 3.30. The van der Waals surface area contributed by atoms with Gasteiger partial charge in [0.1, 0.15) is 0 Å². The van der Waals surface area contributed by atoms with E-state index in [-0.39, 0.29) is 10.8 Å². The predicted octanol–water partition coefficient (Wildman–Crippen LogP) is 2.43. The highest BCUT2D eigenvalue weighted by Crippen LogP contribution is 2.14. The number of thiazole rings is 1. The molecule has 0 atom stereocenters. The summed E-state index contributed by atoms with van der Waals surface area (Å²) in [7, 11) is 0. The topological polar surface area (TPSA) is 42.2 Å². The fraction of sp³-hybridized carbons (Fsp3) is 0.100. The Morgan fingerprint density at radius 2 is 2.00 bits per heavy atom. The largest absolute Gasteiger partial charge is 0.494 e. The average molecular weight is 286 g/mol. The molecule has 0 saturated heterocycles. The molecule has 15 heavy (non-hydrogen) atoms. The van der Waals surface area contributed by atoms with Crippen LogP contribution >= 0.6 is 27.3 Å². The standard InChI is InChI=1S/C10H8BrNO2S/c11-8-3-1-7(2-4-8)5-12-9(13)6-15-10(12)14/h1-4,6,13H,5H2.